The lowest BCUT2D eigenvalue weighted by Gasteiger charge is -2.13. The smallest absolute Gasteiger partial charge is 0.255 e. The van der Waals surface area contributed by atoms with E-state index in [1.807, 2.05) is 80.8 Å². The Morgan fingerprint density at radius 3 is 2.81 bits per heavy atom. The number of benzene rings is 3. The first kappa shape index (κ1) is 22.4. The third-order valence-corrected chi connectivity index (χ3v) is 6.30. The Balaban J connectivity index is 1.23. The minimum atomic E-state index is -0.164. The number of H-pyrrole nitrogens is 1. The first-order chi connectivity index (χ1) is 18.0. The zero-order chi connectivity index (χ0) is 25.4. The van der Waals surface area contributed by atoms with Crippen molar-refractivity contribution in [1.29, 1.82) is 0 Å². The third-order valence-electron chi connectivity index (χ3n) is 6.30. The van der Waals surface area contributed by atoms with Gasteiger partial charge in [0.1, 0.15) is 19.4 Å². The molecule has 1 amide bonds. The van der Waals surface area contributed by atoms with Crippen molar-refractivity contribution >= 4 is 47.3 Å². The number of carbonyl (C=O) groups is 1. The Hall–Kier alpha value is -5.05. The number of hydrogen-bond donors (Lipinski definition) is 4. The summed E-state index contributed by atoms with van der Waals surface area (Å²) in [4.78, 5) is 20.7. The Kier molecular flexibility index (Phi) is 5.57. The Morgan fingerprint density at radius 2 is 1.92 bits per heavy atom. The number of para-hydroxylation sites is 1. The van der Waals surface area contributed by atoms with E-state index in [2.05, 4.69) is 20.7 Å². The molecule has 0 aliphatic carbocycles. The zero-order valence-electron chi connectivity index (χ0n) is 20.1. The van der Waals surface area contributed by atoms with Gasteiger partial charge in [0, 0.05) is 52.7 Å². The lowest BCUT2D eigenvalue weighted by atomic mass is 10.0. The van der Waals surface area contributed by atoms with E-state index in [0.29, 0.717) is 34.7 Å². The molecule has 0 spiro atoms. The predicted molar refractivity (Wildman–Crippen MR) is 148 cm³/mol. The molecule has 0 radical (unpaired) electrons. The zero-order valence-corrected chi connectivity index (χ0v) is 20.1. The molecule has 0 aliphatic heterocycles. The lowest BCUT2D eigenvalue weighted by molar-refractivity contribution is 0.102. The summed E-state index contributed by atoms with van der Waals surface area (Å²) in [5, 5.41) is 22.2. The fourth-order valence-electron chi connectivity index (χ4n) is 4.38. The number of aromatic amines is 1. The van der Waals surface area contributed by atoms with Crippen LogP contribution in [-0.4, -0.2) is 38.4 Å². The highest BCUT2D eigenvalue weighted by Gasteiger charge is 2.13. The van der Waals surface area contributed by atoms with Gasteiger partial charge in [0.05, 0.1) is 5.69 Å². The first-order valence-corrected chi connectivity index (χ1v) is 11.9. The molecular weight excluding hydrogens is 463 g/mol. The number of aromatic nitrogens is 4. The summed E-state index contributed by atoms with van der Waals surface area (Å²) in [5.74, 6) is 0.746. The van der Waals surface area contributed by atoms with Gasteiger partial charge in [-0.3, -0.25) is 4.79 Å². The van der Waals surface area contributed by atoms with Crippen LogP contribution in [0.1, 0.15) is 15.9 Å². The molecule has 4 N–H and O–H groups in total. The number of aromatic hydroxyl groups is 1. The second-order valence-corrected chi connectivity index (χ2v) is 8.89. The van der Waals surface area contributed by atoms with Crippen molar-refractivity contribution in [2.75, 3.05) is 10.6 Å². The van der Waals surface area contributed by atoms with Crippen LogP contribution in [0.15, 0.2) is 91.3 Å². The number of amides is 1. The van der Waals surface area contributed by atoms with Crippen molar-refractivity contribution in [1.82, 2.24) is 19.6 Å². The predicted octanol–water partition coefficient (Wildman–Crippen LogP) is 3.71. The highest BCUT2D eigenvalue weighted by molar-refractivity contribution is 6.36. The van der Waals surface area contributed by atoms with Crippen LogP contribution in [0.2, 0.25) is 0 Å². The van der Waals surface area contributed by atoms with Gasteiger partial charge in [-0.05, 0) is 59.6 Å². The molecule has 3 heterocycles. The fraction of sp³-hybridized carbons (Fsp3) is 0.0357. The number of phenolic OH excluding ortho intramolecular Hbond substituents is 1. The standard InChI is InChI=1S/C28H23BN6O2/c29-22-16-32-35-26(14-24(34-27(22)35)21-6-1-2-7-25(21)36)31-15-17-4-3-5-20(12-17)33-28(37)19-8-9-23-18(13-19)10-11-30-23/h1-14,16,30-31,36H,15,29H2,(H,33,37). The van der Waals surface area contributed by atoms with Crippen LogP contribution in [0.3, 0.4) is 0 Å². The van der Waals surface area contributed by atoms with E-state index in [1.165, 1.54) is 0 Å². The summed E-state index contributed by atoms with van der Waals surface area (Å²) in [6, 6.07) is 24.2. The average Bonchev–Trinajstić information content (AvgIpc) is 3.54. The summed E-state index contributed by atoms with van der Waals surface area (Å²) in [7, 11) is 1.95. The van der Waals surface area contributed by atoms with Gasteiger partial charge in [0.25, 0.3) is 5.91 Å². The summed E-state index contributed by atoms with van der Waals surface area (Å²) < 4.78 is 1.75. The number of phenols is 1. The maximum absolute atomic E-state index is 12.8. The van der Waals surface area contributed by atoms with Gasteiger partial charge >= 0.3 is 0 Å². The second kappa shape index (κ2) is 9.20. The molecule has 0 saturated heterocycles. The van der Waals surface area contributed by atoms with Gasteiger partial charge in [-0.15, -0.1) is 0 Å². The van der Waals surface area contributed by atoms with Crippen LogP contribution in [0.5, 0.6) is 5.75 Å². The molecule has 3 aromatic heterocycles. The number of carbonyl (C=O) groups excluding carboxylic acids is 1. The van der Waals surface area contributed by atoms with Gasteiger partial charge in [-0.25, -0.2) is 4.98 Å². The number of fused-ring (bicyclic) bond motifs is 2. The summed E-state index contributed by atoms with van der Waals surface area (Å²) >= 11 is 0. The van der Waals surface area contributed by atoms with Crippen molar-refractivity contribution < 1.29 is 9.90 Å². The highest BCUT2D eigenvalue weighted by Crippen LogP contribution is 2.29. The van der Waals surface area contributed by atoms with Crippen molar-refractivity contribution in [3.8, 4) is 17.0 Å². The van der Waals surface area contributed by atoms with Crippen molar-refractivity contribution in [2.45, 2.75) is 6.54 Å². The molecule has 0 bridgehead atoms. The topological polar surface area (TPSA) is 107 Å². The molecular formula is C28H23BN6O2. The van der Waals surface area contributed by atoms with Crippen LogP contribution in [0.4, 0.5) is 11.5 Å². The van der Waals surface area contributed by atoms with Gasteiger partial charge < -0.3 is 20.7 Å². The Morgan fingerprint density at radius 1 is 1.03 bits per heavy atom. The molecule has 9 heteroatoms. The van der Waals surface area contributed by atoms with Crippen LogP contribution in [-0.2, 0) is 6.54 Å². The molecule has 6 rings (SSSR count). The van der Waals surface area contributed by atoms with E-state index < -0.39 is 0 Å². The summed E-state index contributed by atoms with van der Waals surface area (Å²) in [5.41, 5.74) is 6.23. The number of nitrogens with one attached hydrogen (secondary N) is 3. The van der Waals surface area contributed by atoms with Gasteiger partial charge in [-0.2, -0.15) is 9.61 Å². The number of hydrogen-bond acceptors (Lipinski definition) is 5. The molecule has 0 unspecified atom stereocenters. The Labute approximate surface area is 213 Å². The molecule has 0 aliphatic rings. The molecule has 3 aromatic carbocycles. The molecule has 180 valence electrons. The number of anilines is 2. The maximum atomic E-state index is 12.8. The minimum Gasteiger partial charge on any atom is -0.507 e. The van der Waals surface area contributed by atoms with Crippen molar-refractivity contribution in [2.24, 2.45) is 0 Å². The quantitative estimate of drug-likeness (QED) is 0.269. The van der Waals surface area contributed by atoms with Crippen LogP contribution in [0.25, 0.3) is 27.8 Å². The van der Waals surface area contributed by atoms with Crippen LogP contribution >= 0.6 is 0 Å². The monoisotopic (exact) mass is 486 g/mol. The van der Waals surface area contributed by atoms with Crippen LogP contribution in [0, 0.1) is 0 Å². The van der Waals surface area contributed by atoms with E-state index in [-0.39, 0.29) is 11.7 Å². The van der Waals surface area contributed by atoms with Crippen molar-refractivity contribution in [3.63, 3.8) is 0 Å². The Bertz CT molecular complexity index is 1770. The SMILES string of the molecule is Bc1cnn2c(NCc3cccc(NC(=O)c4ccc5[nH]ccc5c4)c3)cc(-c3ccccc3O)nc12. The molecule has 6 aromatic rings. The average molecular weight is 486 g/mol. The van der Waals surface area contributed by atoms with Crippen LogP contribution < -0.4 is 16.1 Å². The summed E-state index contributed by atoms with van der Waals surface area (Å²) in [6.07, 6.45) is 3.62. The summed E-state index contributed by atoms with van der Waals surface area (Å²) in [6.45, 7) is 0.497. The van der Waals surface area contributed by atoms with E-state index in [1.54, 1.807) is 22.8 Å². The van der Waals surface area contributed by atoms with E-state index in [4.69, 9.17) is 4.98 Å². The first-order valence-electron chi connectivity index (χ1n) is 11.9. The second-order valence-electron chi connectivity index (χ2n) is 8.89. The third kappa shape index (κ3) is 4.38. The normalized spacial score (nSPS) is 11.1. The van der Waals surface area contributed by atoms with E-state index >= 15 is 0 Å². The number of nitrogens with zero attached hydrogens (tertiary/aromatic N) is 3. The molecule has 0 fully saturated rings. The highest BCUT2D eigenvalue weighted by atomic mass is 16.3. The minimum absolute atomic E-state index is 0.164. The maximum Gasteiger partial charge on any atom is 0.255 e. The lowest BCUT2D eigenvalue weighted by Crippen LogP contribution is -2.12. The molecule has 0 atom stereocenters. The molecule has 0 saturated carbocycles. The molecule has 37 heavy (non-hydrogen) atoms. The number of rotatable bonds is 6. The van der Waals surface area contributed by atoms with Gasteiger partial charge in [-0.1, -0.05) is 24.3 Å². The van der Waals surface area contributed by atoms with Crippen molar-refractivity contribution in [3.05, 3.63) is 102 Å². The van der Waals surface area contributed by atoms with Gasteiger partial charge in [0.15, 0.2) is 5.65 Å². The molecule has 8 nitrogen and oxygen atoms in total. The largest absolute Gasteiger partial charge is 0.507 e. The van der Waals surface area contributed by atoms with E-state index in [9.17, 15) is 9.90 Å². The van der Waals surface area contributed by atoms with E-state index in [0.717, 1.165) is 27.7 Å². The van der Waals surface area contributed by atoms with Gasteiger partial charge in [0.2, 0.25) is 0 Å². The fourth-order valence-corrected chi connectivity index (χ4v) is 4.38.